The summed E-state index contributed by atoms with van der Waals surface area (Å²) in [5, 5.41) is 0. The van der Waals surface area contributed by atoms with E-state index in [-0.39, 0.29) is 18.3 Å². The summed E-state index contributed by atoms with van der Waals surface area (Å²) in [6, 6.07) is 9.95. The average molecular weight is 460 g/mol. The number of methoxy groups -OCH3 is 3. The van der Waals surface area contributed by atoms with Crippen LogP contribution < -0.4 is 18.9 Å². The quantitative estimate of drug-likeness (QED) is 0.403. The largest absolute Gasteiger partial charge is 0.493 e. The maximum atomic E-state index is 13.3. The second-order valence-corrected chi connectivity index (χ2v) is 8.08. The number of hydrogen-bond acceptors (Lipinski definition) is 5. The number of amides is 1. The van der Waals surface area contributed by atoms with Gasteiger partial charge in [0.2, 0.25) is 5.75 Å². The average Bonchev–Trinajstić information content (AvgIpc) is 2.83. The van der Waals surface area contributed by atoms with Gasteiger partial charge < -0.3 is 28.3 Å². The third-order valence-electron chi connectivity index (χ3n) is 5.99. The third-order valence-corrected chi connectivity index (χ3v) is 5.99. The number of benzene rings is 2. The molecule has 1 aliphatic rings. The van der Waals surface area contributed by atoms with Crippen molar-refractivity contribution >= 4 is 5.91 Å². The van der Waals surface area contributed by atoms with Gasteiger partial charge in [-0.1, -0.05) is 18.7 Å². The van der Waals surface area contributed by atoms with Gasteiger partial charge in [0.05, 0.1) is 54.1 Å². The number of carbonyl (C=O) groups excluding carboxylic acids is 1. The molecule has 0 N–H and O–H groups in total. The van der Waals surface area contributed by atoms with E-state index in [0.717, 1.165) is 36.2 Å². The van der Waals surface area contributed by atoms with Crippen LogP contribution in [0.25, 0.3) is 0 Å². The van der Waals surface area contributed by atoms with Gasteiger partial charge in [-0.25, -0.2) is 4.39 Å². The number of halogens is 1. The Balaban J connectivity index is 1.60. The first-order valence-electron chi connectivity index (χ1n) is 10.8. The van der Waals surface area contributed by atoms with E-state index in [1.165, 1.54) is 33.5 Å². The number of quaternary nitrogens is 1. The third kappa shape index (κ3) is 5.96. The second kappa shape index (κ2) is 11.0. The predicted octanol–water partition coefficient (Wildman–Crippen LogP) is 3.28. The minimum absolute atomic E-state index is 0.0815. The Kier molecular flexibility index (Phi) is 8.16. The molecule has 178 valence electrons. The summed E-state index contributed by atoms with van der Waals surface area (Å²) in [5.74, 6) is 1.53. The number of hydrogen-bond donors (Lipinski definition) is 0. The standard InChI is InChI=1S/C25H32FN2O5/c1-5-12-28(17-19-6-8-20(26)9-7-19)13-10-27(11-14-28)24(29)18-33-21-15-22(30-2)25(32-4)23(16-21)31-3/h5-9,15-16H,1,10-14,17-18H2,2-4H3/q+1. The summed E-state index contributed by atoms with van der Waals surface area (Å²) in [4.78, 5) is 14.6. The first-order valence-corrected chi connectivity index (χ1v) is 10.8. The van der Waals surface area contributed by atoms with Crippen LogP contribution in [0.5, 0.6) is 23.0 Å². The van der Waals surface area contributed by atoms with Crippen LogP contribution in [0.4, 0.5) is 4.39 Å². The maximum Gasteiger partial charge on any atom is 0.260 e. The molecule has 7 nitrogen and oxygen atoms in total. The molecule has 1 aliphatic heterocycles. The highest BCUT2D eigenvalue weighted by Gasteiger charge is 2.34. The van der Waals surface area contributed by atoms with E-state index in [2.05, 4.69) is 6.58 Å². The Morgan fingerprint density at radius 3 is 2.18 bits per heavy atom. The predicted molar refractivity (Wildman–Crippen MR) is 123 cm³/mol. The van der Waals surface area contributed by atoms with Crippen molar-refractivity contribution in [3.05, 3.63) is 60.4 Å². The van der Waals surface area contributed by atoms with Gasteiger partial charge in [0, 0.05) is 17.7 Å². The summed E-state index contributed by atoms with van der Waals surface area (Å²) in [6.45, 7) is 8.21. The molecule has 33 heavy (non-hydrogen) atoms. The van der Waals surface area contributed by atoms with Crippen LogP contribution >= 0.6 is 0 Å². The number of ether oxygens (including phenoxy) is 4. The molecule has 3 rings (SSSR count). The second-order valence-electron chi connectivity index (χ2n) is 8.08. The van der Waals surface area contributed by atoms with Crippen molar-refractivity contribution in [2.75, 3.05) is 60.7 Å². The molecule has 2 aromatic carbocycles. The first kappa shape index (κ1) is 24.4. The van der Waals surface area contributed by atoms with E-state index >= 15 is 0 Å². The lowest BCUT2D eigenvalue weighted by Crippen LogP contribution is -2.60. The Morgan fingerprint density at radius 1 is 1.06 bits per heavy atom. The molecule has 1 saturated heterocycles. The zero-order valence-electron chi connectivity index (χ0n) is 19.5. The minimum Gasteiger partial charge on any atom is -0.493 e. The van der Waals surface area contributed by atoms with Crippen LogP contribution in [-0.4, -0.2) is 76.0 Å². The summed E-state index contributed by atoms with van der Waals surface area (Å²) in [5.41, 5.74) is 1.07. The van der Waals surface area contributed by atoms with Gasteiger partial charge in [0.1, 0.15) is 18.1 Å². The molecule has 0 spiro atoms. The smallest absolute Gasteiger partial charge is 0.260 e. The molecule has 0 unspecified atom stereocenters. The molecule has 1 amide bonds. The molecule has 0 aliphatic carbocycles. The summed E-state index contributed by atoms with van der Waals surface area (Å²) in [6.07, 6.45) is 1.91. The molecule has 0 bridgehead atoms. The zero-order chi connectivity index (χ0) is 23.8. The van der Waals surface area contributed by atoms with Crippen molar-refractivity contribution in [3.8, 4) is 23.0 Å². The summed E-state index contributed by atoms with van der Waals surface area (Å²) >= 11 is 0. The van der Waals surface area contributed by atoms with Gasteiger partial charge in [0.15, 0.2) is 18.1 Å². The van der Waals surface area contributed by atoms with Gasteiger partial charge in [-0.05, 0) is 18.2 Å². The van der Waals surface area contributed by atoms with E-state index in [1.54, 1.807) is 12.1 Å². The van der Waals surface area contributed by atoms with Crippen molar-refractivity contribution in [1.82, 2.24) is 4.90 Å². The normalized spacial score (nSPS) is 15.0. The molecule has 1 heterocycles. The van der Waals surface area contributed by atoms with Gasteiger partial charge >= 0.3 is 0 Å². The van der Waals surface area contributed by atoms with Crippen LogP contribution in [0.1, 0.15) is 5.56 Å². The lowest BCUT2D eigenvalue weighted by Gasteiger charge is -2.44. The Morgan fingerprint density at radius 2 is 1.67 bits per heavy atom. The van der Waals surface area contributed by atoms with Gasteiger partial charge in [-0.15, -0.1) is 0 Å². The van der Waals surface area contributed by atoms with Crippen LogP contribution in [0, 0.1) is 5.82 Å². The van der Waals surface area contributed by atoms with Crippen LogP contribution in [0.2, 0.25) is 0 Å². The fourth-order valence-corrected chi connectivity index (χ4v) is 4.17. The van der Waals surface area contributed by atoms with Crippen LogP contribution in [0.15, 0.2) is 49.1 Å². The van der Waals surface area contributed by atoms with E-state index in [1.807, 2.05) is 23.1 Å². The van der Waals surface area contributed by atoms with E-state index in [0.29, 0.717) is 36.1 Å². The van der Waals surface area contributed by atoms with Gasteiger partial charge in [-0.3, -0.25) is 4.79 Å². The fourth-order valence-electron chi connectivity index (χ4n) is 4.17. The maximum absolute atomic E-state index is 13.3. The minimum atomic E-state index is -0.239. The molecule has 8 heteroatoms. The molecule has 0 aromatic heterocycles. The zero-order valence-corrected chi connectivity index (χ0v) is 19.5. The number of piperazine rings is 1. The Bertz CT molecular complexity index is 931. The number of carbonyl (C=O) groups is 1. The first-order chi connectivity index (χ1) is 15.9. The fraction of sp³-hybridized carbons (Fsp3) is 0.400. The van der Waals surface area contributed by atoms with Crippen molar-refractivity contribution in [1.29, 1.82) is 0 Å². The lowest BCUT2D eigenvalue weighted by molar-refractivity contribution is -0.939. The Hall–Kier alpha value is -3.26. The number of nitrogens with zero attached hydrogens (tertiary/aromatic N) is 2. The van der Waals surface area contributed by atoms with Crippen molar-refractivity contribution in [2.45, 2.75) is 6.54 Å². The molecular formula is C25H32FN2O5+. The van der Waals surface area contributed by atoms with Crippen molar-refractivity contribution < 1.29 is 32.6 Å². The highest BCUT2D eigenvalue weighted by Crippen LogP contribution is 2.40. The molecule has 2 aromatic rings. The topological polar surface area (TPSA) is 57.2 Å². The molecule has 1 fully saturated rings. The highest BCUT2D eigenvalue weighted by molar-refractivity contribution is 5.78. The summed E-state index contributed by atoms with van der Waals surface area (Å²) in [7, 11) is 4.58. The van der Waals surface area contributed by atoms with Gasteiger partial charge in [-0.2, -0.15) is 0 Å². The van der Waals surface area contributed by atoms with E-state index in [4.69, 9.17) is 18.9 Å². The highest BCUT2D eigenvalue weighted by atomic mass is 19.1. The summed E-state index contributed by atoms with van der Waals surface area (Å²) < 4.78 is 35.8. The van der Waals surface area contributed by atoms with Gasteiger partial charge in [0.25, 0.3) is 5.91 Å². The SMILES string of the molecule is C=CC[N+]1(Cc2ccc(F)cc2)CCN(C(=O)COc2cc(OC)c(OC)c(OC)c2)CC1. The van der Waals surface area contributed by atoms with Crippen LogP contribution in [0.3, 0.4) is 0 Å². The Labute approximate surface area is 194 Å². The molecule has 0 radical (unpaired) electrons. The molecule has 0 atom stereocenters. The molecular weight excluding hydrogens is 427 g/mol. The van der Waals surface area contributed by atoms with Crippen molar-refractivity contribution in [3.63, 3.8) is 0 Å². The monoisotopic (exact) mass is 459 g/mol. The number of rotatable bonds is 10. The van der Waals surface area contributed by atoms with E-state index in [9.17, 15) is 9.18 Å². The van der Waals surface area contributed by atoms with Crippen molar-refractivity contribution in [2.24, 2.45) is 0 Å². The lowest BCUT2D eigenvalue weighted by atomic mass is 10.1. The van der Waals surface area contributed by atoms with E-state index < -0.39 is 0 Å². The molecule has 0 saturated carbocycles. The van der Waals surface area contributed by atoms with Crippen LogP contribution in [-0.2, 0) is 11.3 Å².